The van der Waals surface area contributed by atoms with Crippen LogP contribution in [-0.4, -0.2) is 18.0 Å². The van der Waals surface area contributed by atoms with Gasteiger partial charge in [0.25, 0.3) is 0 Å². The van der Waals surface area contributed by atoms with Gasteiger partial charge in [-0.25, -0.2) is 0 Å². The van der Waals surface area contributed by atoms with E-state index in [0.717, 1.165) is 5.56 Å². The first kappa shape index (κ1) is 7.77. The van der Waals surface area contributed by atoms with Crippen LogP contribution in [0.3, 0.4) is 0 Å². The second-order valence-corrected chi connectivity index (χ2v) is 3.22. The van der Waals surface area contributed by atoms with E-state index in [1.165, 1.54) is 0 Å². The lowest BCUT2D eigenvalue weighted by Crippen LogP contribution is -2.12. The summed E-state index contributed by atoms with van der Waals surface area (Å²) >= 11 is 0. The number of rotatable bonds is 2. The fraction of sp³-hybridized carbons (Fsp3) is 0.400. The molecule has 1 fully saturated rings. The molecule has 0 spiro atoms. The molecule has 0 aliphatic heterocycles. The summed E-state index contributed by atoms with van der Waals surface area (Å²) in [5, 5.41) is 9.63. The van der Waals surface area contributed by atoms with Crippen molar-refractivity contribution >= 4 is 0 Å². The van der Waals surface area contributed by atoms with Crippen LogP contribution in [0.1, 0.15) is 17.9 Å². The second kappa shape index (κ2) is 2.57. The van der Waals surface area contributed by atoms with Crippen LogP contribution in [0.25, 0.3) is 0 Å². The molecule has 2 nitrogen and oxygen atoms in total. The zero-order chi connectivity index (χ0) is 8.60. The minimum absolute atomic E-state index is 0.170. The molecular weight excluding hydrogens is 152 g/mol. The van der Waals surface area contributed by atoms with Gasteiger partial charge in [0.2, 0.25) is 0 Å². The van der Waals surface area contributed by atoms with E-state index >= 15 is 0 Å². The molecule has 1 saturated carbocycles. The van der Waals surface area contributed by atoms with Gasteiger partial charge in [0.1, 0.15) is 0 Å². The highest BCUT2D eigenvalue weighted by molar-refractivity contribution is 5.28. The molecule has 12 heavy (non-hydrogen) atoms. The number of hydrogen-bond acceptors (Lipinski definition) is 2. The molecule has 1 aliphatic rings. The van der Waals surface area contributed by atoms with Gasteiger partial charge in [0.05, 0.1) is 0 Å². The highest BCUT2D eigenvalue weighted by atomic mass is 16.6. The molecule has 1 aromatic carbocycles. The molecule has 0 amide bonds. The van der Waals surface area contributed by atoms with Gasteiger partial charge in [-0.05, 0) is 5.56 Å². The van der Waals surface area contributed by atoms with Crippen molar-refractivity contribution in [2.45, 2.75) is 18.1 Å². The maximum atomic E-state index is 9.63. The van der Waals surface area contributed by atoms with Gasteiger partial charge in [0, 0.05) is 19.4 Å². The van der Waals surface area contributed by atoms with Gasteiger partial charge in [-0.1, -0.05) is 30.3 Å². The molecule has 0 aromatic heterocycles. The summed E-state index contributed by atoms with van der Waals surface area (Å²) in [6.45, 7) is 0. The zero-order valence-corrected chi connectivity index (χ0v) is 7.03. The van der Waals surface area contributed by atoms with Gasteiger partial charge in [-0.2, -0.15) is 0 Å². The zero-order valence-electron chi connectivity index (χ0n) is 7.03. The normalized spacial score (nSPS) is 33.3. The van der Waals surface area contributed by atoms with E-state index in [0.29, 0.717) is 6.42 Å². The summed E-state index contributed by atoms with van der Waals surface area (Å²) in [4.78, 5) is 0. The van der Waals surface area contributed by atoms with Crippen molar-refractivity contribution in [1.29, 1.82) is 0 Å². The van der Waals surface area contributed by atoms with Crippen LogP contribution < -0.4 is 0 Å². The first-order chi connectivity index (χ1) is 5.76. The van der Waals surface area contributed by atoms with Crippen molar-refractivity contribution < 1.29 is 9.84 Å². The quantitative estimate of drug-likeness (QED) is 0.671. The summed E-state index contributed by atoms with van der Waals surface area (Å²) in [5.74, 6) is -0.717. The number of methoxy groups -OCH3 is 1. The summed E-state index contributed by atoms with van der Waals surface area (Å²) in [7, 11) is 1.54. The molecule has 0 heterocycles. The van der Waals surface area contributed by atoms with Crippen LogP contribution in [0.5, 0.6) is 0 Å². The second-order valence-electron chi connectivity index (χ2n) is 3.22. The Morgan fingerprint density at radius 2 is 2.08 bits per heavy atom. The number of aliphatic hydroxyl groups is 1. The molecule has 1 N–H and O–H groups in total. The first-order valence-corrected chi connectivity index (χ1v) is 4.09. The van der Waals surface area contributed by atoms with Crippen LogP contribution in [0.15, 0.2) is 30.3 Å². The van der Waals surface area contributed by atoms with Gasteiger partial charge < -0.3 is 9.84 Å². The lowest BCUT2D eigenvalue weighted by atomic mass is 10.1. The molecule has 0 radical (unpaired) electrons. The van der Waals surface area contributed by atoms with Crippen LogP contribution in [0.2, 0.25) is 0 Å². The van der Waals surface area contributed by atoms with Crippen LogP contribution >= 0.6 is 0 Å². The highest BCUT2D eigenvalue weighted by Crippen LogP contribution is 2.51. The molecule has 64 valence electrons. The predicted octanol–water partition coefficient (Wildman–Crippen LogP) is 1.51. The monoisotopic (exact) mass is 164 g/mol. The molecule has 2 heteroatoms. The maximum Gasteiger partial charge on any atom is 0.172 e. The van der Waals surface area contributed by atoms with Crippen molar-refractivity contribution in [2.24, 2.45) is 0 Å². The fourth-order valence-electron chi connectivity index (χ4n) is 1.52. The fourth-order valence-corrected chi connectivity index (χ4v) is 1.52. The van der Waals surface area contributed by atoms with Crippen LogP contribution in [0, 0.1) is 0 Å². The largest absolute Gasteiger partial charge is 0.365 e. The van der Waals surface area contributed by atoms with Crippen molar-refractivity contribution in [3.8, 4) is 0 Å². The summed E-state index contributed by atoms with van der Waals surface area (Å²) in [6.07, 6.45) is 0.716. The van der Waals surface area contributed by atoms with Crippen molar-refractivity contribution in [2.75, 3.05) is 7.11 Å². The van der Waals surface area contributed by atoms with E-state index in [1.54, 1.807) is 7.11 Å². The van der Waals surface area contributed by atoms with E-state index in [4.69, 9.17) is 4.74 Å². The summed E-state index contributed by atoms with van der Waals surface area (Å²) in [6, 6.07) is 9.95. The molecule has 0 unspecified atom stereocenters. The summed E-state index contributed by atoms with van der Waals surface area (Å²) < 4.78 is 4.97. The Labute approximate surface area is 71.8 Å². The third kappa shape index (κ3) is 1.13. The van der Waals surface area contributed by atoms with Gasteiger partial charge in [-0.15, -0.1) is 0 Å². The Bertz CT molecular complexity index is 270. The Kier molecular flexibility index (Phi) is 1.67. The average molecular weight is 164 g/mol. The third-order valence-corrected chi connectivity index (χ3v) is 2.44. The molecule has 2 rings (SSSR count). The lowest BCUT2D eigenvalue weighted by molar-refractivity contribution is -0.105. The molecular formula is C10H12O2. The molecule has 2 atom stereocenters. The van der Waals surface area contributed by atoms with E-state index in [2.05, 4.69) is 0 Å². The predicted molar refractivity (Wildman–Crippen MR) is 45.8 cm³/mol. The van der Waals surface area contributed by atoms with E-state index < -0.39 is 5.79 Å². The Hall–Kier alpha value is -0.860. The number of ether oxygens (including phenoxy) is 1. The van der Waals surface area contributed by atoms with Gasteiger partial charge in [0.15, 0.2) is 5.79 Å². The minimum Gasteiger partial charge on any atom is -0.365 e. The first-order valence-electron chi connectivity index (χ1n) is 4.09. The Balaban J connectivity index is 2.16. The smallest absolute Gasteiger partial charge is 0.172 e. The number of benzene rings is 1. The van der Waals surface area contributed by atoms with Crippen molar-refractivity contribution in [1.82, 2.24) is 0 Å². The maximum absolute atomic E-state index is 9.63. The highest BCUT2D eigenvalue weighted by Gasteiger charge is 2.54. The van der Waals surface area contributed by atoms with Gasteiger partial charge in [-0.3, -0.25) is 0 Å². The molecule has 1 aliphatic carbocycles. The number of hydrogen-bond donors (Lipinski definition) is 1. The van der Waals surface area contributed by atoms with E-state index in [-0.39, 0.29) is 5.92 Å². The molecule has 0 bridgehead atoms. The topological polar surface area (TPSA) is 29.5 Å². The lowest BCUT2D eigenvalue weighted by Gasteiger charge is -2.06. The van der Waals surface area contributed by atoms with Crippen LogP contribution in [-0.2, 0) is 4.74 Å². The summed E-state index contributed by atoms with van der Waals surface area (Å²) in [5.41, 5.74) is 1.15. The molecule has 1 aromatic rings. The van der Waals surface area contributed by atoms with Crippen molar-refractivity contribution in [3.63, 3.8) is 0 Å². The third-order valence-electron chi connectivity index (χ3n) is 2.44. The van der Waals surface area contributed by atoms with Crippen molar-refractivity contribution in [3.05, 3.63) is 35.9 Å². The van der Waals surface area contributed by atoms with Crippen LogP contribution in [0.4, 0.5) is 0 Å². The van der Waals surface area contributed by atoms with Gasteiger partial charge >= 0.3 is 0 Å². The van der Waals surface area contributed by atoms with E-state index in [1.807, 2.05) is 30.3 Å². The molecule has 0 saturated heterocycles. The average Bonchev–Trinajstić information content (AvgIpc) is 2.81. The van der Waals surface area contributed by atoms with E-state index in [9.17, 15) is 5.11 Å². The minimum atomic E-state index is -0.888. The standard InChI is InChI=1S/C10H12O2/c1-12-10(11)7-9(10)8-5-3-2-4-6-8/h2-6,9,11H,7H2,1H3/t9-,10-/m1/s1. The SMILES string of the molecule is CO[C@]1(O)C[C@@H]1c1ccccc1. The Morgan fingerprint density at radius 1 is 1.42 bits per heavy atom. The Morgan fingerprint density at radius 3 is 2.58 bits per heavy atom.